The average molecular weight is 1420 g/mol. The SMILES string of the molecule is CC(C)(C)c1ccc([I+]c2ccc(C(C)(C)C)cc2)cc1.CC(C)(C)c1ccc([I+]c2ccc(C(C)(C)C)cc2)cc1.CC(C)(C)c1ccc([I+]c2ccc(C(C)(C)C)cc2)cc1.F[P-](F)(F)(F)(F)F.O=P([O-])([O-])F. The zero-order valence-corrected chi connectivity index (χ0v) is 55.0. The van der Waals surface area contributed by atoms with Crippen molar-refractivity contribution in [3.8, 4) is 0 Å². The molecule has 0 spiro atoms. The first-order valence-corrected chi connectivity index (χ1v) is 34.2. The molecule has 0 aliphatic heterocycles. The Morgan fingerprint density at radius 1 is 0.293 bits per heavy atom. The Labute approximate surface area is 476 Å². The molecule has 0 saturated heterocycles. The fraction of sp³-hybridized carbons (Fsp3) is 0.400. The number of benzene rings is 6. The third-order valence-electron chi connectivity index (χ3n) is 10.9. The molecule has 0 N–H and O–H groups in total. The van der Waals surface area contributed by atoms with Crippen LogP contribution in [0.1, 0.15) is 158 Å². The molecule has 0 bridgehead atoms. The van der Waals surface area contributed by atoms with E-state index in [1.807, 2.05) is 0 Å². The van der Waals surface area contributed by atoms with Gasteiger partial charge in [-0.2, -0.15) is 0 Å². The van der Waals surface area contributed by atoms with Gasteiger partial charge in [0.2, 0.25) is 0 Å². The zero-order chi connectivity index (χ0) is 57.9. The normalized spacial score (nSPS) is 13.4. The molecule has 0 aromatic heterocycles. The van der Waals surface area contributed by atoms with Gasteiger partial charge in [0, 0.05) is 0 Å². The molecule has 0 heterocycles. The predicted molar refractivity (Wildman–Crippen MR) is 285 cm³/mol. The van der Waals surface area contributed by atoms with E-state index in [-0.39, 0.29) is 96.1 Å². The van der Waals surface area contributed by atoms with Gasteiger partial charge >= 0.3 is 96.6 Å². The van der Waals surface area contributed by atoms with Gasteiger partial charge in [-0.3, -0.25) is 0 Å². The summed E-state index contributed by atoms with van der Waals surface area (Å²) in [6.45, 7) is 40.8. The molecule has 0 fully saturated rings. The second-order valence-electron chi connectivity index (χ2n) is 24.2. The first kappa shape index (κ1) is 68.7. The van der Waals surface area contributed by atoms with Gasteiger partial charge < -0.3 is 14.4 Å². The van der Waals surface area contributed by atoms with Gasteiger partial charge in [0.1, 0.15) is 7.91 Å². The molecule has 3 nitrogen and oxygen atoms in total. The Balaban J connectivity index is 0.000000346. The molecule has 6 aromatic rings. The minimum atomic E-state index is -10.7. The van der Waals surface area contributed by atoms with Crippen LogP contribution in [0, 0.1) is 21.4 Å². The van der Waals surface area contributed by atoms with Crippen molar-refractivity contribution in [1.29, 1.82) is 0 Å². The molecule has 0 saturated carbocycles. The van der Waals surface area contributed by atoms with Crippen molar-refractivity contribution < 1.29 is 107 Å². The predicted octanol–water partition coefficient (Wildman–Crippen LogP) is 9.40. The minimum Gasteiger partial charge on any atom is -0.786 e. The molecule has 15 heteroatoms. The van der Waals surface area contributed by atoms with E-state index in [2.05, 4.69) is 270 Å². The van der Waals surface area contributed by atoms with Crippen molar-refractivity contribution in [2.45, 2.75) is 157 Å². The number of halogens is 10. The number of hydrogen-bond acceptors (Lipinski definition) is 3. The third kappa shape index (κ3) is 31.1. The minimum absolute atomic E-state index is 0.0703. The first-order valence-electron chi connectivity index (χ1n) is 24.3. The van der Waals surface area contributed by atoms with Gasteiger partial charge in [0.05, 0.1) is 0 Å². The summed E-state index contributed by atoms with van der Waals surface area (Å²) in [5.74, 6) is 0. The van der Waals surface area contributed by atoms with Crippen LogP contribution >= 0.6 is 15.7 Å². The van der Waals surface area contributed by atoms with Crippen molar-refractivity contribution in [3.05, 3.63) is 200 Å². The van der Waals surface area contributed by atoms with Crippen LogP contribution in [0.25, 0.3) is 0 Å². The van der Waals surface area contributed by atoms with E-state index in [1.54, 1.807) is 0 Å². The first-order chi connectivity index (χ1) is 33.4. The number of rotatable bonds is 6. The van der Waals surface area contributed by atoms with Gasteiger partial charge in [-0.1, -0.05) is 197 Å². The van der Waals surface area contributed by atoms with E-state index in [0.717, 1.165) is 0 Å². The van der Waals surface area contributed by atoms with E-state index >= 15 is 0 Å². The van der Waals surface area contributed by atoms with Crippen LogP contribution in [0.15, 0.2) is 146 Å². The van der Waals surface area contributed by atoms with E-state index in [9.17, 15) is 29.4 Å². The monoisotopic (exact) mass is 1420 g/mol. The van der Waals surface area contributed by atoms with Crippen molar-refractivity contribution in [2.24, 2.45) is 0 Å². The Hall–Kier alpha value is -2.40. The van der Waals surface area contributed by atoms with Crippen LogP contribution in [-0.2, 0) is 37.1 Å². The van der Waals surface area contributed by atoms with Gasteiger partial charge in [-0.05, 0) is 139 Å². The molecule has 0 aliphatic rings. The standard InChI is InChI=1S/3C20H26I.F6P.FH2O3P/c3*1-19(2,3)15-7-11-17(12-8-15)21-18-13-9-16(10-14-18)20(4,5)6;1-7(2,3,4,5)6;1-5(2,3)4/h3*7-14H,1-6H3;;(H2,2,3,4)/q3*+1;-1;/p-2. The summed E-state index contributed by atoms with van der Waals surface area (Å²) in [6, 6.07) is 55.2. The topological polar surface area (TPSA) is 63.2 Å². The Kier molecular flexibility index (Phi) is 23.6. The van der Waals surface area contributed by atoms with Crippen LogP contribution in [0.3, 0.4) is 0 Å². The maximum Gasteiger partial charge on any atom is 0.110 e. The zero-order valence-electron chi connectivity index (χ0n) is 46.8. The van der Waals surface area contributed by atoms with Crippen molar-refractivity contribution in [2.75, 3.05) is 0 Å². The molecule has 75 heavy (non-hydrogen) atoms. The Morgan fingerprint density at radius 3 is 0.440 bits per heavy atom. The van der Waals surface area contributed by atoms with Crippen LogP contribution in [0.5, 0.6) is 0 Å². The summed E-state index contributed by atoms with van der Waals surface area (Å²) in [4.78, 5) is 16.9. The Morgan fingerprint density at radius 2 is 0.373 bits per heavy atom. The molecule has 0 amide bonds. The molecular formula is C60H78F7I3O3P2. The second kappa shape index (κ2) is 25.8. The van der Waals surface area contributed by atoms with Gasteiger partial charge in [-0.25, -0.2) is 4.20 Å². The third-order valence-corrected chi connectivity index (χ3v) is 19.0. The Bertz CT molecular complexity index is 2270. The van der Waals surface area contributed by atoms with Gasteiger partial charge in [0.25, 0.3) is 0 Å². The summed E-state index contributed by atoms with van der Waals surface area (Å²) in [6.07, 6.45) is 0. The maximum absolute atomic E-state index is 10.7. The summed E-state index contributed by atoms with van der Waals surface area (Å²) < 4.78 is 86.7. The van der Waals surface area contributed by atoms with Crippen molar-refractivity contribution in [1.82, 2.24) is 0 Å². The summed E-state index contributed by atoms with van der Waals surface area (Å²) in [7, 11) is -16.3. The van der Waals surface area contributed by atoms with Crippen LogP contribution in [0.2, 0.25) is 0 Å². The van der Waals surface area contributed by atoms with Gasteiger partial charge in [-0.15, -0.1) is 0 Å². The van der Waals surface area contributed by atoms with E-state index < -0.39 is 15.7 Å². The largest absolute Gasteiger partial charge is 0.786 e. The fourth-order valence-electron chi connectivity index (χ4n) is 6.46. The smallest absolute Gasteiger partial charge is 0.110 e. The fourth-order valence-corrected chi connectivity index (χ4v) is 12.9. The summed E-state index contributed by atoms with van der Waals surface area (Å²) in [5.41, 5.74) is 9.94. The molecule has 0 atom stereocenters. The average Bonchev–Trinajstić information content (AvgIpc) is 3.22. The molecule has 6 aromatic carbocycles. The quantitative estimate of drug-likeness (QED) is 0.0950. The number of hydrogen-bond donors (Lipinski definition) is 0. The second-order valence-corrected chi connectivity index (χ2v) is 36.1. The van der Waals surface area contributed by atoms with Crippen LogP contribution < -0.4 is 73.4 Å². The molecule has 0 radical (unpaired) electrons. The molecule has 416 valence electrons. The molecule has 6 rings (SSSR count). The van der Waals surface area contributed by atoms with Gasteiger partial charge in [0.15, 0.2) is 21.4 Å². The van der Waals surface area contributed by atoms with Crippen LogP contribution in [-0.4, -0.2) is 0 Å². The van der Waals surface area contributed by atoms with Crippen molar-refractivity contribution >= 4 is 15.7 Å². The van der Waals surface area contributed by atoms with Crippen LogP contribution in [0.4, 0.5) is 29.4 Å². The summed E-state index contributed by atoms with van der Waals surface area (Å²) >= 11 is -0.211. The molecular weight excluding hydrogens is 1340 g/mol. The maximum atomic E-state index is 10.1. The summed E-state index contributed by atoms with van der Waals surface area (Å²) in [5, 5.41) is 0. The molecule has 0 aliphatic carbocycles. The molecule has 0 unspecified atom stereocenters. The van der Waals surface area contributed by atoms with Crippen molar-refractivity contribution in [3.63, 3.8) is 0 Å². The van der Waals surface area contributed by atoms with E-state index in [0.29, 0.717) is 0 Å². The van der Waals surface area contributed by atoms with E-state index in [1.165, 1.54) is 54.8 Å². The van der Waals surface area contributed by atoms with E-state index in [4.69, 9.17) is 14.4 Å².